The van der Waals surface area contributed by atoms with Crippen molar-refractivity contribution in [2.24, 2.45) is 0 Å². The minimum Gasteiger partial charge on any atom is -0.478 e. The van der Waals surface area contributed by atoms with E-state index in [4.69, 9.17) is 5.11 Å². The summed E-state index contributed by atoms with van der Waals surface area (Å²) in [6, 6.07) is 8.29. The Bertz CT molecular complexity index is 703. The van der Waals surface area contributed by atoms with Crippen LogP contribution >= 0.6 is 0 Å². The summed E-state index contributed by atoms with van der Waals surface area (Å²) in [5.74, 6) is -1.38. The van der Waals surface area contributed by atoms with Gasteiger partial charge in [-0.2, -0.15) is 13.2 Å². The summed E-state index contributed by atoms with van der Waals surface area (Å²) in [7, 11) is 0. The quantitative estimate of drug-likeness (QED) is 0.872. The Kier molecular flexibility index (Phi) is 3.77. The number of alkyl halides is 3. The molecule has 0 aliphatic carbocycles. The lowest BCUT2D eigenvalue weighted by molar-refractivity contribution is -0.137. The van der Waals surface area contributed by atoms with Gasteiger partial charge in [0.25, 0.3) is 0 Å². The van der Waals surface area contributed by atoms with E-state index in [1.165, 1.54) is 6.07 Å². The lowest BCUT2D eigenvalue weighted by Gasteiger charge is -2.13. The highest BCUT2D eigenvalue weighted by molar-refractivity contribution is 5.90. The van der Waals surface area contributed by atoms with Crippen LogP contribution in [0.4, 0.5) is 13.2 Å². The average Bonchev–Trinajstić information content (AvgIpc) is 2.40. The van der Waals surface area contributed by atoms with E-state index < -0.39 is 17.7 Å². The summed E-state index contributed by atoms with van der Waals surface area (Å²) in [6.07, 6.45) is -4.59. The summed E-state index contributed by atoms with van der Waals surface area (Å²) in [4.78, 5) is 11.0. The van der Waals surface area contributed by atoms with Crippen molar-refractivity contribution in [2.75, 3.05) is 0 Å². The number of carboxylic acid groups (broad SMARTS) is 1. The molecule has 0 saturated heterocycles. The molecular formula is C16H13F3O2. The van der Waals surface area contributed by atoms with E-state index in [1.807, 2.05) is 13.0 Å². The number of aromatic carboxylic acids is 1. The highest BCUT2D eigenvalue weighted by atomic mass is 19.4. The van der Waals surface area contributed by atoms with Crippen LogP contribution in [0.1, 0.15) is 27.0 Å². The molecule has 110 valence electrons. The normalized spacial score (nSPS) is 11.5. The zero-order valence-corrected chi connectivity index (χ0v) is 11.5. The highest BCUT2D eigenvalue weighted by Gasteiger charge is 2.32. The summed E-state index contributed by atoms with van der Waals surface area (Å²) >= 11 is 0. The molecule has 2 nitrogen and oxygen atoms in total. The SMILES string of the molecule is Cc1ccc(C)c(-c2cc(C(=O)O)cc(C(F)(F)F)c2)c1. The van der Waals surface area contributed by atoms with Crippen molar-refractivity contribution in [1.82, 2.24) is 0 Å². The van der Waals surface area contributed by atoms with Crippen LogP contribution in [0.15, 0.2) is 36.4 Å². The molecule has 0 saturated carbocycles. The fourth-order valence-electron chi connectivity index (χ4n) is 2.12. The Balaban J connectivity index is 2.71. The van der Waals surface area contributed by atoms with Crippen molar-refractivity contribution in [3.63, 3.8) is 0 Å². The third kappa shape index (κ3) is 3.24. The highest BCUT2D eigenvalue weighted by Crippen LogP contribution is 2.34. The van der Waals surface area contributed by atoms with Gasteiger partial charge in [-0.15, -0.1) is 0 Å². The second kappa shape index (κ2) is 5.24. The molecule has 0 radical (unpaired) electrons. The first kappa shape index (κ1) is 15.1. The molecule has 21 heavy (non-hydrogen) atoms. The summed E-state index contributed by atoms with van der Waals surface area (Å²) in [5.41, 5.74) is 1.20. The van der Waals surface area contributed by atoms with Gasteiger partial charge < -0.3 is 5.11 Å². The maximum absolute atomic E-state index is 12.9. The molecule has 0 amide bonds. The van der Waals surface area contributed by atoms with Crippen LogP contribution in [-0.2, 0) is 6.18 Å². The Morgan fingerprint density at radius 1 is 1.05 bits per heavy atom. The van der Waals surface area contributed by atoms with Crippen molar-refractivity contribution >= 4 is 5.97 Å². The number of benzene rings is 2. The number of carboxylic acids is 1. The molecule has 0 heterocycles. The van der Waals surface area contributed by atoms with Gasteiger partial charge in [-0.1, -0.05) is 23.8 Å². The Morgan fingerprint density at radius 3 is 2.29 bits per heavy atom. The van der Waals surface area contributed by atoms with Gasteiger partial charge in [0.15, 0.2) is 0 Å². The summed E-state index contributed by atoms with van der Waals surface area (Å²) in [6.45, 7) is 3.60. The Morgan fingerprint density at radius 2 is 1.71 bits per heavy atom. The van der Waals surface area contributed by atoms with Crippen LogP contribution in [0.3, 0.4) is 0 Å². The molecule has 0 bridgehead atoms. The zero-order valence-electron chi connectivity index (χ0n) is 11.5. The number of aryl methyl sites for hydroxylation is 2. The number of carbonyl (C=O) groups is 1. The molecule has 0 aliphatic rings. The van der Waals surface area contributed by atoms with Crippen LogP contribution in [0.5, 0.6) is 0 Å². The lowest BCUT2D eigenvalue weighted by atomic mass is 9.95. The van der Waals surface area contributed by atoms with Gasteiger partial charge in [0, 0.05) is 0 Å². The first-order valence-electron chi connectivity index (χ1n) is 6.21. The van der Waals surface area contributed by atoms with Crippen LogP contribution in [-0.4, -0.2) is 11.1 Å². The van der Waals surface area contributed by atoms with E-state index in [-0.39, 0.29) is 11.1 Å². The van der Waals surface area contributed by atoms with Crippen LogP contribution < -0.4 is 0 Å². The van der Waals surface area contributed by atoms with Crippen molar-refractivity contribution in [2.45, 2.75) is 20.0 Å². The van der Waals surface area contributed by atoms with Crippen molar-refractivity contribution in [1.29, 1.82) is 0 Å². The third-order valence-electron chi connectivity index (χ3n) is 3.21. The Labute approximate surface area is 119 Å². The predicted octanol–water partition coefficient (Wildman–Crippen LogP) is 4.69. The van der Waals surface area contributed by atoms with Gasteiger partial charge in [0.2, 0.25) is 0 Å². The van der Waals surface area contributed by atoms with Gasteiger partial charge in [0.05, 0.1) is 11.1 Å². The van der Waals surface area contributed by atoms with Gasteiger partial charge in [-0.05, 0) is 48.7 Å². The van der Waals surface area contributed by atoms with E-state index in [0.29, 0.717) is 11.6 Å². The Hall–Kier alpha value is -2.30. The second-order valence-corrected chi connectivity index (χ2v) is 4.92. The van der Waals surface area contributed by atoms with Crippen LogP contribution in [0, 0.1) is 13.8 Å². The first-order chi connectivity index (χ1) is 9.68. The predicted molar refractivity (Wildman–Crippen MR) is 73.3 cm³/mol. The summed E-state index contributed by atoms with van der Waals surface area (Å²) in [5, 5.41) is 9.00. The van der Waals surface area contributed by atoms with Gasteiger partial charge in [-0.25, -0.2) is 4.79 Å². The minimum absolute atomic E-state index is 0.253. The minimum atomic E-state index is -4.59. The van der Waals surface area contributed by atoms with Gasteiger partial charge >= 0.3 is 12.1 Å². The van der Waals surface area contributed by atoms with E-state index in [2.05, 4.69) is 0 Å². The zero-order chi connectivity index (χ0) is 15.8. The maximum atomic E-state index is 12.9. The maximum Gasteiger partial charge on any atom is 0.416 e. The first-order valence-corrected chi connectivity index (χ1v) is 6.21. The van der Waals surface area contributed by atoms with E-state index in [9.17, 15) is 18.0 Å². The fourth-order valence-corrected chi connectivity index (χ4v) is 2.12. The monoisotopic (exact) mass is 294 g/mol. The van der Waals surface area contributed by atoms with Gasteiger partial charge in [-0.3, -0.25) is 0 Å². The van der Waals surface area contributed by atoms with Crippen LogP contribution in [0.2, 0.25) is 0 Å². The van der Waals surface area contributed by atoms with Crippen molar-refractivity contribution < 1.29 is 23.1 Å². The fraction of sp³-hybridized carbons (Fsp3) is 0.188. The molecule has 0 atom stereocenters. The number of rotatable bonds is 2. The molecule has 0 unspecified atom stereocenters. The second-order valence-electron chi connectivity index (χ2n) is 4.92. The molecule has 0 aliphatic heterocycles. The van der Waals surface area contributed by atoms with E-state index >= 15 is 0 Å². The topological polar surface area (TPSA) is 37.3 Å². The molecule has 5 heteroatoms. The van der Waals surface area contributed by atoms with E-state index in [1.54, 1.807) is 19.1 Å². The number of hydrogen-bond acceptors (Lipinski definition) is 1. The third-order valence-corrected chi connectivity index (χ3v) is 3.21. The molecule has 0 spiro atoms. The molecule has 2 aromatic carbocycles. The molecule has 1 N–H and O–H groups in total. The molecular weight excluding hydrogens is 281 g/mol. The molecule has 0 aromatic heterocycles. The molecule has 2 aromatic rings. The summed E-state index contributed by atoms with van der Waals surface area (Å²) < 4.78 is 38.7. The van der Waals surface area contributed by atoms with Crippen molar-refractivity contribution in [3.8, 4) is 11.1 Å². The van der Waals surface area contributed by atoms with Crippen molar-refractivity contribution in [3.05, 3.63) is 58.7 Å². The number of halogens is 3. The van der Waals surface area contributed by atoms with E-state index in [0.717, 1.165) is 17.2 Å². The largest absolute Gasteiger partial charge is 0.478 e. The average molecular weight is 294 g/mol. The lowest BCUT2D eigenvalue weighted by Crippen LogP contribution is -2.08. The van der Waals surface area contributed by atoms with Crippen LogP contribution in [0.25, 0.3) is 11.1 Å². The number of hydrogen-bond donors (Lipinski definition) is 1. The molecule has 2 rings (SSSR count). The standard InChI is InChI=1S/C16H13F3O2/c1-9-3-4-10(2)14(5-9)11-6-12(15(20)21)8-13(7-11)16(17,18)19/h3-8H,1-2H3,(H,20,21). The smallest absolute Gasteiger partial charge is 0.416 e. The van der Waals surface area contributed by atoms with Gasteiger partial charge in [0.1, 0.15) is 0 Å². The molecule has 0 fully saturated rings.